The van der Waals surface area contributed by atoms with E-state index in [1.54, 1.807) is 0 Å². The average Bonchev–Trinajstić information content (AvgIpc) is 2.87. The predicted molar refractivity (Wildman–Crippen MR) is 115 cm³/mol. The van der Waals surface area contributed by atoms with Crippen LogP contribution in [-0.4, -0.2) is 29.6 Å². The molecular weight excluding hydrogens is 368 g/mol. The molecule has 28 heavy (non-hydrogen) atoms. The maximum Gasteiger partial charge on any atom is 0.254 e. The number of hydrogen-bond donors (Lipinski definition) is 0. The molecule has 1 aliphatic carbocycles. The van der Waals surface area contributed by atoms with Crippen LogP contribution in [0.4, 0.5) is 5.69 Å². The molecule has 2 aromatic carbocycles. The van der Waals surface area contributed by atoms with E-state index in [-0.39, 0.29) is 11.9 Å². The van der Waals surface area contributed by atoms with Crippen LogP contribution < -0.4 is 0 Å². The molecule has 0 saturated heterocycles. The van der Waals surface area contributed by atoms with E-state index in [9.17, 15) is 4.79 Å². The van der Waals surface area contributed by atoms with Crippen molar-refractivity contribution >= 4 is 35.0 Å². The summed E-state index contributed by atoms with van der Waals surface area (Å²) in [5, 5.41) is 0.761. The number of rotatable bonds is 1. The maximum absolute atomic E-state index is 13.3. The highest BCUT2D eigenvalue weighted by Crippen LogP contribution is 2.49. The van der Waals surface area contributed by atoms with Gasteiger partial charge in [-0.2, -0.15) is 0 Å². The fourth-order valence-corrected chi connectivity index (χ4v) is 5.51. The molecule has 2 bridgehead atoms. The van der Waals surface area contributed by atoms with Crippen LogP contribution in [0.5, 0.6) is 0 Å². The Morgan fingerprint density at radius 2 is 2.07 bits per heavy atom. The van der Waals surface area contributed by atoms with Gasteiger partial charge < -0.3 is 4.90 Å². The first-order valence-electron chi connectivity index (χ1n) is 9.98. The van der Waals surface area contributed by atoms with Crippen LogP contribution >= 0.6 is 11.6 Å². The van der Waals surface area contributed by atoms with Crippen molar-refractivity contribution in [3.63, 3.8) is 0 Å². The van der Waals surface area contributed by atoms with Crippen LogP contribution in [0.25, 0.3) is 6.08 Å². The number of nitrogens with zero attached hydrogens (tertiary/aromatic N) is 2. The number of carbonyl (C=O) groups excluding carboxylic acids is 1. The van der Waals surface area contributed by atoms with Crippen molar-refractivity contribution in [2.45, 2.75) is 38.1 Å². The Bertz CT molecular complexity index is 1040. The van der Waals surface area contributed by atoms with Gasteiger partial charge in [0.25, 0.3) is 5.91 Å². The van der Waals surface area contributed by atoms with Gasteiger partial charge in [-0.05, 0) is 73.1 Å². The second-order valence-corrected chi connectivity index (χ2v) is 8.47. The first-order valence-corrected chi connectivity index (χ1v) is 10.4. The monoisotopic (exact) mass is 390 g/mol. The smallest absolute Gasteiger partial charge is 0.254 e. The summed E-state index contributed by atoms with van der Waals surface area (Å²) in [6.07, 6.45) is 7.15. The quantitative estimate of drug-likeness (QED) is 0.619. The minimum atomic E-state index is 0.0648. The molecule has 1 unspecified atom stereocenters. The molecule has 3 atom stereocenters. The molecule has 2 aliphatic heterocycles. The predicted octanol–water partition coefficient (Wildman–Crippen LogP) is 5.65. The van der Waals surface area contributed by atoms with Crippen molar-refractivity contribution in [2.75, 3.05) is 7.05 Å². The lowest BCUT2D eigenvalue weighted by Crippen LogP contribution is -2.41. The molecule has 1 fully saturated rings. The van der Waals surface area contributed by atoms with Gasteiger partial charge in [0.05, 0.1) is 11.7 Å². The second kappa shape index (κ2) is 6.59. The highest BCUT2D eigenvalue weighted by atomic mass is 35.5. The summed E-state index contributed by atoms with van der Waals surface area (Å²) in [7, 11) is 1.93. The van der Waals surface area contributed by atoms with E-state index in [1.165, 1.54) is 22.4 Å². The molecule has 0 spiro atoms. The molecule has 0 aromatic heterocycles. The molecule has 2 heterocycles. The molecule has 1 amide bonds. The number of hydrogen-bond acceptors (Lipinski definition) is 2. The summed E-state index contributed by atoms with van der Waals surface area (Å²) < 4.78 is 0. The van der Waals surface area contributed by atoms with E-state index < -0.39 is 0 Å². The number of fused-ring (bicyclic) bond motifs is 8. The Kier molecular flexibility index (Phi) is 4.17. The summed E-state index contributed by atoms with van der Waals surface area (Å²) in [5.74, 6) is 0.789. The van der Waals surface area contributed by atoms with Gasteiger partial charge in [-0.15, -0.1) is 0 Å². The van der Waals surface area contributed by atoms with Crippen LogP contribution in [0.2, 0.25) is 5.02 Å². The van der Waals surface area contributed by atoms with Gasteiger partial charge in [0.1, 0.15) is 0 Å². The van der Waals surface area contributed by atoms with E-state index in [0.29, 0.717) is 11.8 Å². The first-order chi connectivity index (χ1) is 13.6. The lowest BCUT2D eigenvalue weighted by Gasteiger charge is -2.28. The van der Waals surface area contributed by atoms with E-state index in [1.807, 2.05) is 49.2 Å². The van der Waals surface area contributed by atoms with Crippen LogP contribution in [0.3, 0.4) is 0 Å². The highest BCUT2D eigenvalue weighted by molar-refractivity contribution is 6.30. The number of benzene rings is 2. The Balaban J connectivity index is 1.70. The van der Waals surface area contributed by atoms with E-state index in [2.05, 4.69) is 18.2 Å². The molecule has 0 radical (unpaired) electrons. The summed E-state index contributed by atoms with van der Waals surface area (Å²) >= 11 is 6.23. The van der Waals surface area contributed by atoms with Crippen molar-refractivity contribution < 1.29 is 4.79 Å². The summed E-state index contributed by atoms with van der Waals surface area (Å²) in [5.41, 5.74) is 6.62. The van der Waals surface area contributed by atoms with Gasteiger partial charge in [-0.1, -0.05) is 35.9 Å². The van der Waals surface area contributed by atoms with Crippen LogP contribution in [0.15, 0.2) is 47.5 Å². The fraction of sp³-hybridized carbons (Fsp3) is 0.333. The van der Waals surface area contributed by atoms with Gasteiger partial charge in [0.2, 0.25) is 0 Å². The number of carbonyl (C=O) groups is 1. The third-order valence-corrected chi connectivity index (χ3v) is 6.81. The Morgan fingerprint density at radius 1 is 1.21 bits per heavy atom. The van der Waals surface area contributed by atoms with E-state index in [4.69, 9.17) is 16.6 Å². The average molecular weight is 391 g/mol. The topological polar surface area (TPSA) is 32.7 Å². The molecule has 5 rings (SSSR count). The third kappa shape index (κ3) is 2.56. The largest absolute Gasteiger partial charge is 0.333 e. The lowest BCUT2D eigenvalue weighted by atomic mass is 9.80. The zero-order valence-electron chi connectivity index (χ0n) is 16.2. The molecule has 4 heteroatoms. The normalized spacial score (nSPS) is 25.7. The van der Waals surface area contributed by atoms with Crippen molar-refractivity contribution in [1.82, 2.24) is 4.90 Å². The number of aliphatic imine (C=N–C) groups is 1. The van der Waals surface area contributed by atoms with Crippen LogP contribution in [0.1, 0.15) is 52.7 Å². The minimum absolute atomic E-state index is 0.0648. The molecule has 3 nitrogen and oxygen atoms in total. The SMILES string of the molecule is C/C=C/c1cccc2c1[C@H]1C[C@H](C3=Nc4ccc(Cl)cc4CCC31)N(C)C2=O. The Labute approximate surface area is 170 Å². The molecule has 1 saturated carbocycles. The molecule has 3 aliphatic rings. The van der Waals surface area contributed by atoms with Crippen molar-refractivity contribution in [2.24, 2.45) is 10.9 Å². The van der Waals surface area contributed by atoms with Crippen molar-refractivity contribution in [3.05, 3.63) is 69.8 Å². The fourth-order valence-electron chi connectivity index (χ4n) is 5.31. The number of allylic oxidation sites excluding steroid dienone is 1. The Hall–Kier alpha value is -2.39. The standard InChI is InChI=1S/C24H23ClN2O/c1-3-5-14-6-4-7-18-22(14)19-13-21(27(2)24(18)28)23-17(19)10-8-15-12-16(25)9-11-20(15)26-23/h3-7,9,11-12,17,19,21H,8,10,13H2,1-2H3/b5-3+/t17?,19-,21+/m0/s1. The molecule has 0 N–H and O–H groups in total. The lowest BCUT2D eigenvalue weighted by molar-refractivity contribution is 0.0776. The van der Waals surface area contributed by atoms with Crippen molar-refractivity contribution in [1.29, 1.82) is 0 Å². The summed E-state index contributed by atoms with van der Waals surface area (Å²) in [6.45, 7) is 2.03. The number of halogens is 1. The highest BCUT2D eigenvalue weighted by Gasteiger charge is 2.48. The van der Waals surface area contributed by atoms with E-state index in [0.717, 1.165) is 35.5 Å². The van der Waals surface area contributed by atoms with Gasteiger partial charge in [-0.25, -0.2) is 0 Å². The maximum atomic E-state index is 13.3. The number of amides is 1. The van der Waals surface area contributed by atoms with Crippen LogP contribution in [-0.2, 0) is 6.42 Å². The first kappa shape index (κ1) is 17.7. The van der Waals surface area contributed by atoms with E-state index >= 15 is 0 Å². The molecular formula is C24H23ClN2O. The zero-order chi connectivity index (χ0) is 19.4. The third-order valence-electron chi connectivity index (χ3n) is 6.58. The van der Waals surface area contributed by atoms with Gasteiger partial charge in [0, 0.05) is 29.3 Å². The molecule has 2 aromatic rings. The Morgan fingerprint density at radius 3 is 2.89 bits per heavy atom. The van der Waals surface area contributed by atoms with Gasteiger partial charge in [-0.3, -0.25) is 9.79 Å². The summed E-state index contributed by atoms with van der Waals surface area (Å²) in [6, 6.07) is 12.2. The number of aryl methyl sites for hydroxylation is 1. The molecule has 142 valence electrons. The minimum Gasteiger partial charge on any atom is -0.333 e. The van der Waals surface area contributed by atoms with Crippen LogP contribution in [0, 0.1) is 5.92 Å². The van der Waals surface area contributed by atoms with Crippen molar-refractivity contribution in [3.8, 4) is 0 Å². The zero-order valence-corrected chi connectivity index (χ0v) is 16.9. The van der Waals surface area contributed by atoms with Gasteiger partial charge >= 0.3 is 0 Å². The van der Waals surface area contributed by atoms with Gasteiger partial charge in [0.15, 0.2) is 0 Å². The summed E-state index contributed by atoms with van der Waals surface area (Å²) in [4.78, 5) is 20.3. The second-order valence-electron chi connectivity index (χ2n) is 8.04.